The normalized spacial score (nSPS) is 19.1. The molecular formula is C27H30F3N3O5S3. The maximum atomic E-state index is 13.2. The first-order valence-electron chi connectivity index (χ1n) is 13.4. The van der Waals surface area contributed by atoms with Gasteiger partial charge < -0.3 is 5.32 Å². The zero-order valence-corrected chi connectivity index (χ0v) is 24.6. The molecule has 41 heavy (non-hydrogen) atoms. The van der Waals surface area contributed by atoms with Crippen LogP contribution in [0.5, 0.6) is 0 Å². The standard InChI is InChI=1S/C27H30F3N3O5S3/c1-16(27(28,29)30)33-41(37,38)23-10-9-21(19-7-2-3-8-20(19)23)24-22(15-17-5-4-6-17)32-26(39-24)25(34)31-18-11-13-40(35,36)14-12-18/h2-3,7-10,16-18,33H,4-6,11-15H2,1H3,(H,31,34). The molecule has 0 bridgehead atoms. The Morgan fingerprint density at radius 1 is 1.07 bits per heavy atom. The van der Waals surface area contributed by atoms with Gasteiger partial charge in [-0.2, -0.15) is 17.9 Å². The minimum atomic E-state index is -4.75. The highest BCUT2D eigenvalue weighted by atomic mass is 32.2. The predicted octanol–water partition coefficient (Wildman–Crippen LogP) is 4.84. The molecular weight excluding hydrogens is 600 g/mol. The summed E-state index contributed by atoms with van der Waals surface area (Å²) in [5.41, 5.74) is 1.35. The van der Waals surface area contributed by atoms with Crippen molar-refractivity contribution in [3.05, 3.63) is 47.1 Å². The Kier molecular flexibility index (Phi) is 8.22. The van der Waals surface area contributed by atoms with Crippen LogP contribution in [0.4, 0.5) is 13.2 Å². The molecule has 1 aliphatic carbocycles. The lowest BCUT2D eigenvalue weighted by Gasteiger charge is -2.25. The van der Waals surface area contributed by atoms with Crippen molar-refractivity contribution < 1.29 is 34.8 Å². The van der Waals surface area contributed by atoms with Crippen molar-refractivity contribution in [2.75, 3.05) is 11.5 Å². The number of sulfone groups is 1. The van der Waals surface area contributed by atoms with E-state index in [-0.39, 0.29) is 32.8 Å². The summed E-state index contributed by atoms with van der Waals surface area (Å²) in [4.78, 5) is 18.3. The van der Waals surface area contributed by atoms with Crippen LogP contribution in [0.2, 0.25) is 0 Å². The van der Waals surface area contributed by atoms with Crippen molar-refractivity contribution in [2.24, 2.45) is 5.92 Å². The number of benzene rings is 2. The molecule has 0 spiro atoms. The smallest absolute Gasteiger partial charge is 0.347 e. The third kappa shape index (κ3) is 6.60. The number of sulfonamides is 1. The van der Waals surface area contributed by atoms with Crippen LogP contribution in [0.1, 0.15) is 54.5 Å². The predicted molar refractivity (Wildman–Crippen MR) is 151 cm³/mol. The fraction of sp³-hybridized carbons (Fsp3) is 0.481. The molecule has 222 valence electrons. The Morgan fingerprint density at radius 3 is 2.34 bits per heavy atom. The average Bonchev–Trinajstić information content (AvgIpc) is 3.30. The second-order valence-electron chi connectivity index (χ2n) is 10.7. The molecule has 1 amide bonds. The zero-order chi connectivity index (χ0) is 29.6. The number of aromatic nitrogens is 1. The fourth-order valence-electron chi connectivity index (χ4n) is 5.12. The van der Waals surface area contributed by atoms with E-state index in [1.807, 2.05) is 0 Å². The highest BCUT2D eigenvalue weighted by molar-refractivity contribution is 7.91. The van der Waals surface area contributed by atoms with E-state index >= 15 is 0 Å². The minimum absolute atomic E-state index is 0.0197. The molecule has 14 heteroatoms. The number of carbonyl (C=O) groups is 1. The first kappa shape index (κ1) is 29.9. The molecule has 0 radical (unpaired) electrons. The lowest BCUT2D eigenvalue weighted by atomic mass is 9.81. The summed E-state index contributed by atoms with van der Waals surface area (Å²) >= 11 is 1.17. The van der Waals surface area contributed by atoms with Gasteiger partial charge in [-0.1, -0.05) is 49.6 Å². The van der Waals surface area contributed by atoms with Gasteiger partial charge in [0.15, 0.2) is 5.01 Å². The largest absolute Gasteiger partial charge is 0.404 e. The van der Waals surface area contributed by atoms with Gasteiger partial charge in [0.1, 0.15) is 15.9 Å². The van der Waals surface area contributed by atoms with Crippen LogP contribution in [0.25, 0.3) is 21.2 Å². The zero-order valence-electron chi connectivity index (χ0n) is 22.2. The lowest BCUT2D eigenvalue weighted by molar-refractivity contribution is -0.147. The van der Waals surface area contributed by atoms with E-state index in [2.05, 4.69) is 10.3 Å². The van der Waals surface area contributed by atoms with Crippen molar-refractivity contribution in [1.82, 2.24) is 15.0 Å². The topological polar surface area (TPSA) is 122 Å². The van der Waals surface area contributed by atoms with E-state index < -0.39 is 38.0 Å². The molecule has 1 saturated heterocycles. The van der Waals surface area contributed by atoms with Gasteiger partial charge in [0.25, 0.3) is 5.91 Å². The van der Waals surface area contributed by atoms with Crippen LogP contribution < -0.4 is 10.0 Å². The molecule has 1 aromatic heterocycles. The number of amides is 1. The van der Waals surface area contributed by atoms with Crippen molar-refractivity contribution in [2.45, 2.75) is 68.6 Å². The molecule has 2 aromatic carbocycles. The van der Waals surface area contributed by atoms with Gasteiger partial charge in [-0.15, -0.1) is 11.3 Å². The second-order valence-corrected chi connectivity index (χ2v) is 15.7. The first-order chi connectivity index (χ1) is 19.2. The van der Waals surface area contributed by atoms with Gasteiger partial charge in [0.2, 0.25) is 10.0 Å². The number of halogens is 3. The molecule has 2 N–H and O–H groups in total. The Hall–Kier alpha value is -2.55. The van der Waals surface area contributed by atoms with Gasteiger partial charge >= 0.3 is 6.18 Å². The van der Waals surface area contributed by atoms with Crippen LogP contribution in [0, 0.1) is 5.92 Å². The van der Waals surface area contributed by atoms with E-state index in [1.54, 1.807) is 35.1 Å². The van der Waals surface area contributed by atoms with Crippen LogP contribution in [0.15, 0.2) is 41.3 Å². The third-order valence-corrected chi connectivity index (χ3v) is 12.2. The van der Waals surface area contributed by atoms with Crippen molar-refractivity contribution in [3.63, 3.8) is 0 Å². The average molecular weight is 630 g/mol. The van der Waals surface area contributed by atoms with Crippen LogP contribution in [-0.2, 0) is 26.3 Å². The van der Waals surface area contributed by atoms with Crippen LogP contribution >= 0.6 is 11.3 Å². The van der Waals surface area contributed by atoms with E-state index in [9.17, 15) is 34.8 Å². The fourth-order valence-corrected chi connectivity index (χ4v) is 9.08. The number of alkyl halides is 3. The molecule has 2 fully saturated rings. The number of nitrogens with zero attached hydrogens (tertiary/aromatic N) is 1. The van der Waals surface area contributed by atoms with E-state index in [0.717, 1.165) is 26.2 Å². The molecule has 1 unspecified atom stereocenters. The summed E-state index contributed by atoms with van der Waals surface area (Å²) in [5.74, 6) is 0.0565. The van der Waals surface area contributed by atoms with Gasteiger partial charge in [-0.05, 0) is 43.6 Å². The monoisotopic (exact) mass is 629 g/mol. The highest BCUT2D eigenvalue weighted by Gasteiger charge is 2.39. The molecule has 5 rings (SSSR count). The molecule has 1 aliphatic heterocycles. The summed E-state index contributed by atoms with van der Waals surface area (Å²) in [6.07, 6.45) is -0.247. The summed E-state index contributed by atoms with van der Waals surface area (Å²) in [7, 11) is -7.60. The van der Waals surface area contributed by atoms with Crippen molar-refractivity contribution in [1.29, 1.82) is 0 Å². The number of thiazole rings is 1. The number of fused-ring (bicyclic) bond motifs is 1. The van der Waals surface area contributed by atoms with Gasteiger partial charge in [-0.25, -0.2) is 21.8 Å². The number of carbonyl (C=O) groups excluding carboxylic acids is 1. The summed E-state index contributed by atoms with van der Waals surface area (Å²) < 4.78 is 90.7. The first-order valence-corrected chi connectivity index (χ1v) is 17.5. The summed E-state index contributed by atoms with van der Waals surface area (Å²) in [6.45, 7) is 0.747. The molecule has 2 heterocycles. The van der Waals surface area contributed by atoms with Gasteiger partial charge in [-0.3, -0.25) is 4.79 Å². The maximum Gasteiger partial charge on any atom is 0.404 e. The SMILES string of the molecule is CC(NS(=O)(=O)c1ccc(-c2sc(C(=O)NC3CCS(=O)(=O)CC3)nc2CC2CCC2)c2ccccc12)C(F)(F)F. The molecule has 8 nitrogen and oxygen atoms in total. The molecule has 1 saturated carbocycles. The Balaban J connectivity index is 1.51. The van der Waals surface area contributed by atoms with Gasteiger partial charge in [0.05, 0.1) is 27.0 Å². The minimum Gasteiger partial charge on any atom is -0.347 e. The summed E-state index contributed by atoms with van der Waals surface area (Å²) in [6, 6.07) is 6.88. The number of hydrogen-bond acceptors (Lipinski definition) is 7. The Morgan fingerprint density at radius 2 is 1.73 bits per heavy atom. The van der Waals surface area contributed by atoms with E-state index in [4.69, 9.17) is 0 Å². The van der Waals surface area contributed by atoms with Crippen molar-refractivity contribution >= 4 is 47.9 Å². The van der Waals surface area contributed by atoms with Crippen molar-refractivity contribution in [3.8, 4) is 10.4 Å². The lowest BCUT2D eigenvalue weighted by Crippen LogP contribution is -2.43. The molecule has 1 atom stereocenters. The molecule has 2 aliphatic rings. The maximum absolute atomic E-state index is 13.2. The number of hydrogen-bond donors (Lipinski definition) is 2. The second kappa shape index (κ2) is 11.3. The number of rotatable bonds is 8. The van der Waals surface area contributed by atoms with Gasteiger partial charge in [0, 0.05) is 17.0 Å². The quantitative estimate of drug-likeness (QED) is 0.368. The van der Waals surface area contributed by atoms with E-state index in [1.165, 1.54) is 17.4 Å². The highest BCUT2D eigenvalue weighted by Crippen LogP contribution is 2.41. The van der Waals surface area contributed by atoms with E-state index in [0.29, 0.717) is 46.7 Å². The summed E-state index contributed by atoms with van der Waals surface area (Å²) in [5, 5.41) is 3.90. The Labute approximate surface area is 240 Å². The Bertz CT molecular complexity index is 1670. The third-order valence-electron chi connectivity index (χ3n) is 7.73. The number of nitrogens with one attached hydrogen (secondary N) is 2. The van der Waals surface area contributed by atoms with Crippen LogP contribution in [-0.4, -0.2) is 57.5 Å². The van der Waals surface area contributed by atoms with Crippen LogP contribution in [0.3, 0.4) is 0 Å². The molecule has 3 aromatic rings.